The van der Waals surface area contributed by atoms with Crippen molar-refractivity contribution >= 4 is 28.6 Å². The first-order valence-corrected chi connectivity index (χ1v) is 10.7. The second-order valence-electron chi connectivity index (χ2n) is 8.89. The molecule has 2 heterocycles. The fraction of sp³-hybridized carbons (Fsp3) is 0.231. The van der Waals surface area contributed by atoms with Crippen molar-refractivity contribution in [1.82, 2.24) is 14.5 Å². The van der Waals surface area contributed by atoms with Gasteiger partial charge in [-0.05, 0) is 23.8 Å². The summed E-state index contributed by atoms with van der Waals surface area (Å²) in [5.74, 6) is -0.480. The number of aryl methyl sites for hydroxylation is 1. The number of carbonyl (C=O) groups is 2. The first-order chi connectivity index (χ1) is 15.7. The molecule has 0 spiro atoms. The molecule has 4 aromatic rings. The molecule has 168 valence electrons. The molecule has 0 unspecified atom stereocenters. The molecule has 0 aliphatic carbocycles. The van der Waals surface area contributed by atoms with Gasteiger partial charge >= 0.3 is 5.97 Å². The summed E-state index contributed by atoms with van der Waals surface area (Å²) in [6.07, 6.45) is 1.48. The Morgan fingerprint density at radius 2 is 1.70 bits per heavy atom. The molecule has 0 aliphatic heterocycles. The number of fused-ring (bicyclic) bond motifs is 1. The Bertz CT molecular complexity index is 1300. The molecule has 33 heavy (non-hydrogen) atoms. The maximum absolute atomic E-state index is 12.8. The number of benzene rings is 2. The normalized spacial score (nSPS) is 11.4. The molecule has 1 N–H and O–H groups in total. The molecule has 0 aliphatic rings. The van der Waals surface area contributed by atoms with Crippen LogP contribution in [0.2, 0.25) is 0 Å². The van der Waals surface area contributed by atoms with Gasteiger partial charge in [-0.3, -0.25) is 4.79 Å². The molecule has 0 atom stereocenters. The van der Waals surface area contributed by atoms with Crippen molar-refractivity contribution in [3.63, 3.8) is 0 Å². The van der Waals surface area contributed by atoms with E-state index in [0.717, 1.165) is 16.5 Å². The van der Waals surface area contributed by atoms with Crippen LogP contribution in [0, 0.1) is 5.41 Å². The van der Waals surface area contributed by atoms with Crippen LogP contribution in [0.25, 0.3) is 22.3 Å². The molecule has 0 fully saturated rings. The molecular formula is C26H26N4O3. The van der Waals surface area contributed by atoms with Crippen molar-refractivity contribution in [2.24, 2.45) is 12.5 Å². The van der Waals surface area contributed by atoms with Gasteiger partial charge < -0.3 is 14.6 Å². The van der Waals surface area contributed by atoms with Gasteiger partial charge in [-0.25, -0.2) is 14.8 Å². The van der Waals surface area contributed by atoms with Gasteiger partial charge in [-0.1, -0.05) is 63.2 Å². The Labute approximate surface area is 192 Å². The van der Waals surface area contributed by atoms with E-state index in [-0.39, 0.29) is 12.5 Å². The van der Waals surface area contributed by atoms with Crippen LogP contribution in [-0.2, 0) is 23.2 Å². The van der Waals surface area contributed by atoms with Gasteiger partial charge in [0.1, 0.15) is 24.3 Å². The Kier molecular flexibility index (Phi) is 5.96. The van der Waals surface area contributed by atoms with E-state index in [1.165, 1.54) is 6.33 Å². The molecule has 2 aromatic heterocycles. The number of esters is 1. The molecule has 0 radical (unpaired) electrons. The lowest BCUT2D eigenvalue weighted by atomic mass is 9.95. The molecule has 0 saturated heterocycles. The lowest BCUT2D eigenvalue weighted by molar-refractivity contribution is -0.123. The summed E-state index contributed by atoms with van der Waals surface area (Å²) in [5, 5.41) is 3.66. The van der Waals surface area contributed by atoms with Crippen molar-refractivity contribution in [3.8, 4) is 11.3 Å². The monoisotopic (exact) mass is 442 g/mol. The molecule has 2 aromatic carbocycles. The zero-order chi connectivity index (χ0) is 23.6. The number of aromatic nitrogens is 3. The fourth-order valence-corrected chi connectivity index (χ4v) is 3.39. The van der Waals surface area contributed by atoms with Gasteiger partial charge in [0.05, 0.1) is 5.69 Å². The Morgan fingerprint density at radius 1 is 1.00 bits per heavy atom. The molecule has 0 bridgehead atoms. The number of nitrogens with one attached hydrogen (secondary N) is 1. The summed E-state index contributed by atoms with van der Waals surface area (Å²) >= 11 is 0. The number of ether oxygens (including phenoxy) is 1. The van der Waals surface area contributed by atoms with E-state index < -0.39 is 11.4 Å². The standard InChI is InChI=1S/C26H26N4O3/c1-26(2,3)25(32)29-19-12-10-18(11-13-19)22-20-14-21(30(4)23(20)28-16-27-22)24(31)33-15-17-8-6-5-7-9-17/h5-14,16H,15H2,1-4H3,(H,29,32). The number of rotatable bonds is 5. The van der Waals surface area contributed by atoms with Gasteiger partial charge in [-0.2, -0.15) is 0 Å². The lowest BCUT2D eigenvalue weighted by Gasteiger charge is -2.17. The van der Waals surface area contributed by atoms with Crippen LogP contribution >= 0.6 is 0 Å². The van der Waals surface area contributed by atoms with E-state index in [9.17, 15) is 9.59 Å². The van der Waals surface area contributed by atoms with Gasteiger partial charge in [0.25, 0.3) is 0 Å². The average molecular weight is 443 g/mol. The van der Waals surface area contributed by atoms with E-state index in [4.69, 9.17) is 4.74 Å². The van der Waals surface area contributed by atoms with Gasteiger partial charge in [0.15, 0.2) is 0 Å². The van der Waals surface area contributed by atoms with Gasteiger partial charge in [0.2, 0.25) is 5.91 Å². The first-order valence-electron chi connectivity index (χ1n) is 10.7. The molecule has 4 rings (SSSR count). The summed E-state index contributed by atoms with van der Waals surface area (Å²) < 4.78 is 7.22. The van der Waals surface area contributed by atoms with Crippen LogP contribution < -0.4 is 5.32 Å². The second-order valence-corrected chi connectivity index (χ2v) is 8.89. The van der Waals surface area contributed by atoms with Gasteiger partial charge in [0, 0.05) is 29.1 Å². The summed E-state index contributed by atoms with van der Waals surface area (Å²) in [6, 6.07) is 18.8. The maximum Gasteiger partial charge on any atom is 0.355 e. The molecule has 7 nitrogen and oxygen atoms in total. The van der Waals surface area contributed by atoms with E-state index >= 15 is 0 Å². The first kappa shape index (κ1) is 22.2. The van der Waals surface area contributed by atoms with Gasteiger partial charge in [-0.15, -0.1) is 0 Å². The minimum atomic E-state index is -0.479. The van der Waals surface area contributed by atoms with E-state index in [1.807, 2.05) is 75.4 Å². The second kappa shape index (κ2) is 8.86. The summed E-state index contributed by atoms with van der Waals surface area (Å²) in [4.78, 5) is 33.8. The SMILES string of the molecule is Cn1c(C(=O)OCc2ccccc2)cc2c(-c3ccc(NC(=O)C(C)(C)C)cc3)ncnc21. The summed E-state index contributed by atoms with van der Waals surface area (Å²) in [7, 11) is 1.78. The molecule has 1 amide bonds. The minimum Gasteiger partial charge on any atom is -0.456 e. The van der Waals surface area contributed by atoms with Crippen molar-refractivity contribution in [3.05, 3.63) is 78.2 Å². The van der Waals surface area contributed by atoms with E-state index in [2.05, 4.69) is 15.3 Å². The average Bonchev–Trinajstić information content (AvgIpc) is 3.15. The summed E-state index contributed by atoms with van der Waals surface area (Å²) in [5.41, 5.74) is 3.74. The predicted molar refractivity (Wildman–Crippen MR) is 128 cm³/mol. The van der Waals surface area contributed by atoms with Crippen LogP contribution in [0.1, 0.15) is 36.8 Å². The van der Waals surface area contributed by atoms with Crippen LogP contribution in [0.5, 0.6) is 0 Å². The number of nitrogens with zero attached hydrogens (tertiary/aromatic N) is 3. The maximum atomic E-state index is 12.8. The Hall–Kier alpha value is -4.00. The zero-order valence-corrected chi connectivity index (χ0v) is 19.1. The molecular weight excluding hydrogens is 416 g/mol. The van der Waals surface area contributed by atoms with E-state index in [1.54, 1.807) is 17.7 Å². The number of hydrogen-bond donors (Lipinski definition) is 1. The summed E-state index contributed by atoms with van der Waals surface area (Å²) in [6.45, 7) is 5.80. The van der Waals surface area contributed by atoms with Crippen molar-refractivity contribution in [2.75, 3.05) is 5.32 Å². The predicted octanol–water partition coefficient (Wildman–Crippen LogP) is 4.98. The third-order valence-corrected chi connectivity index (χ3v) is 5.34. The molecule has 0 saturated carbocycles. The van der Waals surface area contributed by atoms with Crippen molar-refractivity contribution in [1.29, 1.82) is 0 Å². The highest BCUT2D eigenvalue weighted by atomic mass is 16.5. The highest BCUT2D eigenvalue weighted by Crippen LogP contribution is 2.29. The van der Waals surface area contributed by atoms with Crippen LogP contribution in [0.3, 0.4) is 0 Å². The van der Waals surface area contributed by atoms with Crippen LogP contribution in [0.4, 0.5) is 5.69 Å². The van der Waals surface area contributed by atoms with E-state index in [0.29, 0.717) is 22.7 Å². The van der Waals surface area contributed by atoms with Crippen LogP contribution in [0.15, 0.2) is 67.0 Å². The third kappa shape index (κ3) is 4.77. The topological polar surface area (TPSA) is 86.1 Å². The zero-order valence-electron chi connectivity index (χ0n) is 19.1. The minimum absolute atomic E-state index is 0.0543. The fourth-order valence-electron chi connectivity index (χ4n) is 3.39. The number of hydrogen-bond acceptors (Lipinski definition) is 5. The smallest absolute Gasteiger partial charge is 0.355 e. The van der Waals surface area contributed by atoms with Crippen molar-refractivity contribution < 1.29 is 14.3 Å². The van der Waals surface area contributed by atoms with Crippen molar-refractivity contribution in [2.45, 2.75) is 27.4 Å². The van der Waals surface area contributed by atoms with Crippen LogP contribution in [-0.4, -0.2) is 26.4 Å². The quantitative estimate of drug-likeness (QED) is 0.441. The Balaban J connectivity index is 1.59. The Morgan fingerprint density at radius 3 is 2.36 bits per heavy atom. The number of carbonyl (C=O) groups excluding carboxylic acids is 2. The molecule has 7 heteroatoms. The third-order valence-electron chi connectivity index (χ3n) is 5.34. The highest BCUT2D eigenvalue weighted by molar-refractivity contribution is 5.99. The number of amides is 1. The largest absolute Gasteiger partial charge is 0.456 e. The highest BCUT2D eigenvalue weighted by Gasteiger charge is 2.22. The number of anilines is 1. The lowest BCUT2D eigenvalue weighted by Crippen LogP contribution is -2.27.